The summed E-state index contributed by atoms with van der Waals surface area (Å²) in [5.74, 6) is 0. The van der Waals surface area contributed by atoms with Gasteiger partial charge in [0.2, 0.25) is 0 Å². The molecule has 0 saturated carbocycles. The van der Waals surface area contributed by atoms with E-state index in [4.69, 9.17) is 0 Å². The van der Waals surface area contributed by atoms with Gasteiger partial charge in [-0.15, -0.1) is 0 Å². The Labute approximate surface area is 219 Å². The maximum Gasteiger partial charge on any atom is 0.0562 e. The maximum absolute atomic E-state index is 4.48. The Morgan fingerprint density at radius 2 is 1.24 bits per heavy atom. The van der Waals surface area contributed by atoms with Crippen molar-refractivity contribution >= 4 is 43.5 Å². The highest BCUT2D eigenvalue weighted by atomic mass is 15.0. The topological polar surface area (TPSA) is 22.8 Å². The van der Waals surface area contributed by atoms with E-state index in [2.05, 4.69) is 142 Å². The molecule has 3 heterocycles. The second kappa shape index (κ2) is 8.19. The summed E-state index contributed by atoms with van der Waals surface area (Å²) in [4.78, 5) is 4.48. The van der Waals surface area contributed by atoms with Gasteiger partial charge < -0.3 is 9.13 Å². The summed E-state index contributed by atoms with van der Waals surface area (Å²) >= 11 is 0. The average molecular weight is 486 g/mol. The van der Waals surface area contributed by atoms with Crippen LogP contribution < -0.4 is 0 Å². The lowest BCUT2D eigenvalue weighted by atomic mass is 10.0. The lowest BCUT2D eigenvalue weighted by Crippen LogP contribution is -1.95. The summed E-state index contributed by atoms with van der Waals surface area (Å²) in [5, 5.41) is 6.15. The van der Waals surface area contributed by atoms with Crippen molar-refractivity contribution in [2.45, 2.75) is 0 Å². The van der Waals surface area contributed by atoms with Crippen molar-refractivity contribution in [2.24, 2.45) is 0 Å². The molecule has 178 valence electrons. The zero-order chi connectivity index (χ0) is 25.1. The van der Waals surface area contributed by atoms with E-state index >= 15 is 0 Å². The number of benzene rings is 5. The van der Waals surface area contributed by atoms with Gasteiger partial charge in [0.15, 0.2) is 0 Å². The molecule has 8 aromatic rings. The molecular formula is C35H23N3. The standard InChI is InChI=1S/C35H23N3/c1-2-9-28(10-3-1)38-33-13-7-6-12-30(33)31-20-25-18-19-37(34(25)21-35(31)38)27-16-14-24(15-17-27)32-23-36-22-26-8-4-5-11-29(26)32/h1-23H. The van der Waals surface area contributed by atoms with Crippen LogP contribution in [0.15, 0.2) is 140 Å². The van der Waals surface area contributed by atoms with Gasteiger partial charge in [-0.2, -0.15) is 0 Å². The molecule has 0 amide bonds. The minimum absolute atomic E-state index is 1.14. The Morgan fingerprint density at radius 3 is 2.11 bits per heavy atom. The van der Waals surface area contributed by atoms with Gasteiger partial charge in [-0.25, -0.2) is 0 Å². The van der Waals surface area contributed by atoms with E-state index in [1.54, 1.807) is 0 Å². The van der Waals surface area contributed by atoms with E-state index < -0.39 is 0 Å². The number of rotatable bonds is 3. The number of hydrogen-bond donors (Lipinski definition) is 0. The number of para-hydroxylation sites is 2. The monoisotopic (exact) mass is 485 g/mol. The van der Waals surface area contributed by atoms with Gasteiger partial charge in [0.25, 0.3) is 0 Å². The number of aromatic nitrogens is 3. The zero-order valence-electron chi connectivity index (χ0n) is 20.6. The third-order valence-electron chi connectivity index (χ3n) is 7.62. The van der Waals surface area contributed by atoms with Gasteiger partial charge in [0.05, 0.1) is 16.6 Å². The zero-order valence-corrected chi connectivity index (χ0v) is 20.6. The SMILES string of the molecule is c1ccc(-n2c3ccccc3c3cc4ccn(-c5ccc(-c6cncc7ccccc67)cc5)c4cc32)cc1. The predicted molar refractivity (Wildman–Crippen MR) is 158 cm³/mol. The molecule has 3 nitrogen and oxygen atoms in total. The van der Waals surface area contributed by atoms with Crippen molar-refractivity contribution in [3.63, 3.8) is 0 Å². The van der Waals surface area contributed by atoms with Gasteiger partial charge in [-0.05, 0) is 59.5 Å². The lowest BCUT2D eigenvalue weighted by Gasteiger charge is -2.10. The van der Waals surface area contributed by atoms with Crippen molar-refractivity contribution < 1.29 is 0 Å². The number of fused-ring (bicyclic) bond motifs is 5. The highest BCUT2D eigenvalue weighted by molar-refractivity contribution is 6.13. The summed E-state index contributed by atoms with van der Waals surface area (Å²) in [7, 11) is 0. The van der Waals surface area contributed by atoms with E-state index in [0.717, 1.165) is 16.6 Å². The summed E-state index contributed by atoms with van der Waals surface area (Å²) in [5.41, 5.74) is 8.26. The molecule has 0 radical (unpaired) electrons. The average Bonchev–Trinajstić information content (AvgIpc) is 3.55. The molecule has 0 aliphatic carbocycles. The molecule has 38 heavy (non-hydrogen) atoms. The molecule has 0 fully saturated rings. The van der Waals surface area contributed by atoms with Gasteiger partial charge in [-0.1, -0.05) is 72.8 Å². The van der Waals surface area contributed by atoms with Gasteiger partial charge in [0.1, 0.15) is 0 Å². The Hall–Kier alpha value is -5.15. The second-order valence-electron chi connectivity index (χ2n) is 9.76. The fourth-order valence-electron chi connectivity index (χ4n) is 5.83. The van der Waals surface area contributed by atoms with Gasteiger partial charge in [-0.3, -0.25) is 4.98 Å². The molecule has 0 aliphatic heterocycles. The lowest BCUT2D eigenvalue weighted by molar-refractivity contribution is 1.12. The number of pyridine rings is 1. The molecule has 0 spiro atoms. The summed E-state index contributed by atoms with van der Waals surface area (Å²) in [6, 6.07) is 43.4. The van der Waals surface area contributed by atoms with E-state index in [0.29, 0.717) is 0 Å². The molecule has 5 aromatic carbocycles. The number of hydrogen-bond acceptors (Lipinski definition) is 1. The Balaban J connectivity index is 1.30. The minimum Gasteiger partial charge on any atom is -0.316 e. The quantitative estimate of drug-likeness (QED) is 0.245. The molecule has 3 heteroatoms. The smallest absolute Gasteiger partial charge is 0.0562 e. The third kappa shape index (κ3) is 3.12. The third-order valence-corrected chi connectivity index (χ3v) is 7.62. The fraction of sp³-hybridized carbons (Fsp3) is 0. The highest BCUT2D eigenvalue weighted by Crippen LogP contribution is 2.36. The number of nitrogens with zero attached hydrogens (tertiary/aromatic N) is 3. The molecule has 8 rings (SSSR count). The fourth-order valence-corrected chi connectivity index (χ4v) is 5.83. The van der Waals surface area contributed by atoms with Crippen LogP contribution in [0.25, 0.3) is 66.0 Å². The normalized spacial score (nSPS) is 11.7. The van der Waals surface area contributed by atoms with Gasteiger partial charge in [0, 0.05) is 57.1 Å². The molecule has 0 bridgehead atoms. The first-order chi connectivity index (χ1) is 18.8. The molecule has 0 saturated heterocycles. The van der Waals surface area contributed by atoms with Crippen LogP contribution in [0.1, 0.15) is 0 Å². The van der Waals surface area contributed by atoms with Crippen LogP contribution in [0, 0.1) is 0 Å². The van der Waals surface area contributed by atoms with Crippen LogP contribution in [0.3, 0.4) is 0 Å². The van der Waals surface area contributed by atoms with E-state index in [-0.39, 0.29) is 0 Å². The van der Waals surface area contributed by atoms with Crippen molar-refractivity contribution in [3.8, 4) is 22.5 Å². The first-order valence-corrected chi connectivity index (χ1v) is 12.9. The van der Waals surface area contributed by atoms with Gasteiger partial charge >= 0.3 is 0 Å². The van der Waals surface area contributed by atoms with Crippen LogP contribution in [-0.2, 0) is 0 Å². The molecule has 0 unspecified atom stereocenters. The predicted octanol–water partition coefficient (Wildman–Crippen LogP) is 8.94. The highest BCUT2D eigenvalue weighted by Gasteiger charge is 2.15. The molecular weight excluding hydrogens is 462 g/mol. The van der Waals surface area contributed by atoms with Crippen molar-refractivity contribution in [2.75, 3.05) is 0 Å². The first-order valence-electron chi connectivity index (χ1n) is 12.9. The first kappa shape index (κ1) is 21.0. The summed E-state index contributed by atoms with van der Waals surface area (Å²) in [6.07, 6.45) is 6.06. The largest absolute Gasteiger partial charge is 0.316 e. The Morgan fingerprint density at radius 1 is 0.474 bits per heavy atom. The Bertz CT molecular complexity index is 2110. The molecule has 3 aromatic heterocycles. The van der Waals surface area contributed by atoms with E-state index in [9.17, 15) is 0 Å². The second-order valence-corrected chi connectivity index (χ2v) is 9.76. The minimum atomic E-state index is 1.14. The maximum atomic E-state index is 4.48. The molecule has 0 N–H and O–H groups in total. The van der Waals surface area contributed by atoms with Crippen LogP contribution >= 0.6 is 0 Å². The Kier molecular flexibility index (Phi) is 4.52. The van der Waals surface area contributed by atoms with Crippen molar-refractivity contribution in [1.82, 2.24) is 14.1 Å². The van der Waals surface area contributed by atoms with E-state index in [1.165, 1.54) is 49.3 Å². The van der Waals surface area contributed by atoms with Crippen LogP contribution in [0.5, 0.6) is 0 Å². The van der Waals surface area contributed by atoms with Crippen molar-refractivity contribution in [3.05, 3.63) is 140 Å². The molecule has 0 aliphatic rings. The van der Waals surface area contributed by atoms with Crippen LogP contribution in [-0.4, -0.2) is 14.1 Å². The van der Waals surface area contributed by atoms with Crippen molar-refractivity contribution in [1.29, 1.82) is 0 Å². The van der Waals surface area contributed by atoms with Crippen LogP contribution in [0.2, 0.25) is 0 Å². The summed E-state index contributed by atoms with van der Waals surface area (Å²) < 4.78 is 4.66. The summed E-state index contributed by atoms with van der Waals surface area (Å²) in [6.45, 7) is 0. The van der Waals surface area contributed by atoms with Crippen LogP contribution in [0.4, 0.5) is 0 Å². The molecule has 0 atom stereocenters. The van der Waals surface area contributed by atoms with E-state index in [1.807, 2.05) is 12.4 Å².